The molecule has 142 valence electrons. The molecule has 0 aliphatic carbocycles. The summed E-state index contributed by atoms with van der Waals surface area (Å²) < 4.78 is 7.57. The van der Waals surface area contributed by atoms with Crippen molar-refractivity contribution in [3.8, 4) is 0 Å². The topological polar surface area (TPSA) is 72.3 Å². The van der Waals surface area contributed by atoms with Gasteiger partial charge in [-0.15, -0.1) is 10.2 Å². The highest BCUT2D eigenvalue weighted by Gasteiger charge is 2.22. The number of morpholine rings is 1. The van der Waals surface area contributed by atoms with Crippen molar-refractivity contribution in [2.45, 2.75) is 52.4 Å². The van der Waals surface area contributed by atoms with Gasteiger partial charge in [-0.3, -0.25) is 9.36 Å². The number of carbonyl (C=O) groups excluding carboxylic acids is 1. The average Bonchev–Trinajstić information content (AvgIpc) is 2.95. The Labute approximate surface area is 154 Å². The Morgan fingerprint density at radius 3 is 2.48 bits per heavy atom. The standard InChI is InChI=1S/C17H31N5O2S/c1-12(2)10-22-16(21-6-8-24-9-7-21)19-20-17(22)25-11-15(23)18-14(5)13(3)4/h12-14H,6-11H2,1-5H3,(H,18,23)/t14-/m1/s1. The van der Waals surface area contributed by atoms with E-state index >= 15 is 0 Å². The molecule has 7 nitrogen and oxygen atoms in total. The van der Waals surface area contributed by atoms with Crippen LogP contribution < -0.4 is 10.2 Å². The van der Waals surface area contributed by atoms with Crippen LogP contribution in [-0.4, -0.2) is 58.8 Å². The van der Waals surface area contributed by atoms with Crippen molar-refractivity contribution >= 4 is 23.6 Å². The molecule has 1 aliphatic heterocycles. The molecule has 0 radical (unpaired) electrons. The van der Waals surface area contributed by atoms with E-state index in [2.05, 4.69) is 52.7 Å². The number of anilines is 1. The lowest BCUT2D eigenvalue weighted by Gasteiger charge is -2.28. The summed E-state index contributed by atoms with van der Waals surface area (Å²) in [6, 6.07) is 0.172. The molecular formula is C17H31N5O2S. The number of thioether (sulfide) groups is 1. The van der Waals surface area contributed by atoms with Crippen molar-refractivity contribution in [2.24, 2.45) is 11.8 Å². The summed E-state index contributed by atoms with van der Waals surface area (Å²) in [6.45, 7) is 14.5. The Bertz CT molecular complexity index is 555. The third-order valence-electron chi connectivity index (χ3n) is 4.26. The Balaban J connectivity index is 2.04. The van der Waals surface area contributed by atoms with Crippen LogP contribution in [0.15, 0.2) is 5.16 Å². The highest BCUT2D eigenvalue weighted by atomic mass is 32.2. The fraction of sp³-hybridized carbons (Fsp3) is 0.824. The lowest BCUT2D eigenvalue weighted by Crippen LogP contribution is -2.38. The molecule has 2 rings (SSSR count). The number of ether oxygens (including phenoxy) is 1. The van der Waals surface area contributed by atoms with Crippen molar-refractivity contribution in [1.29, 1.82) is 0 Å². The molecule has 1 fully saturated rings. The van der Waals surface area contributed by atoms with Crippen LogP contribution in [0.2, 0.25) is 0 Å². The lowest BCUT2D eigenvalue weighted by atomic mass is 10.1. The van der Waals surface area contributed by atoms with E-state index in [1.54, 1.807) is 0 Å². The minimum Gasteiger partial charge on any atom is -0.378 e. The van der Waals surface area contributed by atoms with Crippen LogP contribution in [0, 0.1) is 11.8 Å². The van der Waals surface area contributed by atoms with Gasteiger partial charge in [-0.2, -0.15) is 0 Å². The summed E-state index contributed by atoms with van der Waals surface area (Å²) in [4.78, 5) is 14.4. The van der Waals surface area contributed by atoms with Crippen LogP contribution >= 0.6 is 11.8 Å². The average molecular weight is 370 g/mol. The van der Waals surface area contributed by atoms with Gasteiger partial charge in [-0.25, -0.2) is 0 Å². The van der Waals surface area contributed by atoms with Gasteiger partial charge in [0.25, 0.3) is 0 Å². The van der Waals surface area contributed by atoms with Gasteiger partial charge in [-0.05, 0) is 18.8 Å². The van der Waals surface area contributed by atoms with Gasteiger partial charge < -0.3 is 15.0 Å². The summed E-state index contributed by atoms with van der Waals surface area (Å²) in [5, 5.41) is 12.6. The Kier molecular flexibility index (Phi) is 7.56. The number of hydrogen-bond donors (Lipinski definition) is 1. The van der Waals surface area contributed by atoms with E-state index in [9.17, 15) is 4.79 Å². The predicted octanol–water partition coefficient (Wildman–Crippen LogP) is 2.02. The van der Waals surface area contributed by atoms with Crippen LogP contribution in [0.1, 0.15) is 34.6 Å². The van der Waals surface area contributed by atoms with E-state index < -0.39 is 0 Å². The highest BCUT2D eigenvalue weighted by molar-refractivity contribution is 7.99. The van der Waals surface area contributed by atoms with E-state index in [0.29, 0.717) is 30.8 Å². The molecule has 1 saturated heterocycles. The van der Waals surface area contributed by atoms with Gasteiger partial charge in [0.15, 0.2) is 5.16 Å². The molecule has 8 heteroatoms. The Hall–Kier alpha value is -1.28. The van der Waals surface area contributed by atoms with Crippen LogP contribution in [0.3, 0.4) is 0 Å². The largest absolute Gasteiger partial charge is 0.378 e. The van der Waals surface area contributed by atoms with Crippen molar-refractivity contribution in [1.82, 2.24) is 20.1 Å². The predicted molar refractivity (Wildman–Crippen MR) is 101 cm³/mol. The Morgan fingerprint density at radius 1 is 1.20 bits per heavy atom. The van der Waals surface area contributed by atoms with Gasteiger partial charge >= 0.3 is 0 Å². The molecule has 1 N–H and O–H groups in total. The van der Waals surface area contributed by atoms with Crippen LogP contribution in [0.4, 0.5) is 5.95 Å². The molecule has 1 atom stereocenters. The van der Waals surface area contributed by atoms with Crippen molar-refractivity contribution in [3.63, 3.8) is 0 Å². The molecule has 0 bridgehead atoms. The number of rotatable bonds is 8. The first-order chi connectivity index (χ1) is 11.9. The molecule has 0 unspecified atom stereocenters. The van der Waals surface area contributed by atoms with Gasteiger partial charge in [0, 0.05) is 25.7 Å². The molecule has 0 spiro atoms. The fourth-order valence-electron chi connectivity index (χ4n) is 2.50. The number of hydrogen-bond acceptors (Lipinski definition) is 6. The third-order valence-corrected chi connectivity index (χ3v) is 5.23. The molecule has 0 aromatic carbocycles. The number of nitrogens with zero attached hydrogens (tertiary/aromatic N) is 4. The van der Waals surface area contributed by atoms with E-state index in [1.807, 2.05) is 6.92 Å². The van der Waals surface area contributed by atoms with Crippen LogP contribution in [0.5, 0.6) is 0 Å². The number of nitrogens with one attached hydrogen (secondary N) is 1. The van der Waals surface area contributed by atoms with Gasteiger partial charge in [0.1, 0.15) is 0 Å². The molecule has 2 heterocycles. The first-order valence-electron chi connectivity index (χ1n) is 9.06. The molecule has 25 heavy (non-hydrogen) atoms. The molecule has 1 aliphatic rings. The normalized spacial score (nSPS) is 16.5. The zero-order valence-corrected chi connectivity index (χ0v) is 16.8. The summed E-state index contributed by atoms with van der Waals surface area (Å²) in [5.74, 6) is 2.18. The maximum atomic E-state index is 12.2. The van der Waals surface area contributed by atoms with E-state index in [1.165, 1.54) is 11.8 Å². The van der Waals surface area contributed by atoms with Crippen LogP contribution in [0.25, 0.3) is 0 Å². The maximum absolute atomic E-state index is 12.2. The summed E-state index contributed by atoms with van der Waals surface area (Å²) in [6.07, 6.45) is 0. The third kappa shape index (κ3) is 5.88. The quantitative estimate of drug-likeness (QED) is 0.707. The van der Waals surface area contributed by atoms with Crippen LogP contribution in [-0.2, 0) is 16.1 Å². The van der Waals surface area contributed by atoms with E-state index in [0.717, 1.165) is 30.7 Å². The smallest absolute Gasteiger partial charge is 0.230 e. The van der Waals surface area contributed by atoms with E-state index in [-0.39, 0.29) is 11.9 Å². The monoisotopic (exact) mass is 369 g/mol. The second-order valence-electron chi connectivity index (χ2n) is 7.28. The van der Waals surface area contributed by atoms with Gasteiger partial charge in [-0.1, -0.05) is 39.5 Å². The second-order valence-corrected chi connectivity index (χ2v) is 8.22. The van der Waals surface area contributed by atoms with Gasteiger partial charge in [0.05, 0.1) is 19.0 Å². The first-order valence-corrected chi connectivity index (χ1v) is 10.0. The summed E-state index contributed by atoms with van der Waals surface area (Å²) in [7, 11) is 0. The number of amides is 1. The number of carbonyl (C=O) groups is 1. The van der Waals surface area contributed by atoms with Crippen molar-refractivity contribution in [2.75, 3.05) is 37.0 Å². The first kappa shape index (κ1) is 20.0. The van der Waals surface area contributed by atoms with Gasteiger partial charge in [0.2, 0.25) is 11.9 Å². The minimum absolute atomic E-state index is 0.0400. The minimum atomic E-state index is 0.0400. The number of aromatic nitrogens is 3. The highest BCUT2D eigenvalue weighted by Crippen LogP contribution is 2.24. The molecule has 1 aromatic rings. The SMILES string of the molecule is CC(C)Cn1c(SCC(=O)N[C@H](C)C(C)C)nnc1N1CCOCC1. The summed E-state index contributed by atoms with van der Waals surface area (Å²) in [5.41, 5.74) is 0. The van der Waals surface area contributed by atoms with Crippen molar-refractivity contribution < 1.29 is 9.53 Å². The molecule has 0 saturated carbocycles. The Morgan fingerprint density at radius 2 is 1.88 bits per heavy atom. The molecule has 1 aromatic heterocycles. The molecule has 1 amide bonds. The molecular weight excluding hydrogens is 338 g/mol. The maximum Gasteiger partial charge on any atom is 0.230 e. The van der Waals surface area contributed by atoms with Crippen molar-refractivity contribution in [3.05, 3.63) is 0 Å². The zero-order chi connectivity index (χ0) is 18.4. The zero-order valence-electron chi connectivity index (χ0n) is 16.0. The lowest BCUT2D eigenvalue weighted by molar-refractivity contribution is -0.119. The van der Waals surface area contributed by atoms with E-state index in [4.69, 9.17) is 4.74 Å². The summed E-state index contributed by atoms with van der Waals surface area (Å²) >= 11 is 1.46. The fourth-order valence-corrected chi connectivity index (χ4v) is 3.26. The second kappa shape index (κ2) is 9.43.